The summed E-state index contributed by atoms with van der Waals surface area (Å²) in [5.41, 5.74) is 4.45. The molecule has 3 atom stereocenters. The van der Waals surface area contributed by atoms with Crippen molar-refractivity contribution in [2.75, 3.05) is 6.54 Å². The standard InChI is InChI=1S/C29H35F3N2O4/c1-17(2)10-24(34-9-8-23(14-26(34)36)29(30,31)32)25(35)12-20(13-27(37)38)21-11-22(16-33-15-21)28-18(3)6-5-7-19(28)4/h5-7,11,15-17,20,23-24H,8-10,12-14H2,1-4H3,(H,37,38)/t20-,23?,24+/m0/s1. The number of likely N-dealkylation sites (tertiary alicyclic amines) is 1. The molecule has 1 aromatic heterocycles. The number of piperidine rings is 1. The number of carboxylic acid groups (broad SMARTS) is 1. The van der Waals surface area contributed by atoms with Crippen molar-refractivity contribution in [2.24, 2.45) is 11.8 Å². The van der Waals surface area contributed by atoms with Crippen LogP contribution in [0, 0.1) is 25.7 Å². The Balaban J connectivity index is 1.89. The summed E-state index contributed by atoms with van der Waals surface area (Å²) in [6.07, 6.45) is -2.32. The van der Waals surface area contributed by atoms with Gasteiger partial charge >= 0.3 is 12.1 Å². The van der Waals surface area contributed by atoms with Crippen molar-refractivity contribution in [1.82, 2.24) is 9.88 Å². The highest BCUT2D eigenvalue weighted by molar-refractivity contribution is 5.90. The molecule has 38 heavy (non-hydrogen) atoms. The van der Waals surface area contributed by atoms with Crippen LogP contribution < -0.4 is 0 Å². The van der Waals surface area contributed by atoms with Gasteiger partial charge in [0.05, 0.1) is 18.4 Å². The zero-order valence-corrected chi connectivity index (χ0v) is 22.2. The topological polar surface area (TPSA) is 87.6 Å². The van der Waals surface area contributed by atoms with E-state index in [-0.39, 0.29) is 37.5 Å². The van der Waals surface area contributed by atoms with E-state index >= 15 is 0 Å². The predicted molar refractivity (Wildman–Crippen MR) is 137 cm³/mol. The van der Waals surface area contributed by atoms with E-state index in [9.17, 15) is 32.7 Å². The maximum atomic E-state index is 13.6. The Morgan fingerprint density at radius 1 is 1.13 bits per heavy atom. The number of aliphatic carboxylic acids is 1. The van der Waals surface area contributed by atoms with Gasteiger partial charge in [-0.1, -0.05) is 32.0 Å². The van der Waals surface area contributed by atoms with E-state index in [1.54, 1.807) is 12.4 Å². The lowest BCUT2D eigenvalue weighted by molar-refractivity contribution is -0.191. The third kappa shape index (κ3) is 7.20. The van der Waals surface area contributed by atoms with Crippen LogP contribution in [-0.2, 0) is 14.4 Å². The van der Waals surface area contributed by atoms with Gasteiger partial charge in [0.2, 0.25) is 5.91 Å². The number of nitrogens with zero attached hydrogens (tertiary/aromatic N) is 2. The summed E-state index contributed by atoms with van der Waals surface area (Å²) in [4.78, 5) is 43.7. The van der Waals surface area contributed by atoms with E-state index in [1.807, 2.05) is 52.0 Å². The van der Waals surface area contributed by atoms with Gasteiger partial charge in [-0.2, -0.15) is 13.2 Å². The normalized spacial score (nSPS) is 17.9. The number of pyridine rings is 1. The molecule has 9 heteroatoms. The highest BCUT2D eigenvalue weighted by atomic mass is 19.4. The van der Waals surface area contributed by atoms with Gasteiger partial charge in [-0.05, 0) is 60.9 Å². The molecule has 1 N–H and O–H groups in total. The summed E-state index contributed by atoms with van der Waals surface area (Å²) < 4.78 is 39.6. The Kier molecular flexibility index (Phi) is 9.33. The monoisotopic (exact) mass is 532 g/mol. The highest BCUT2D eigenvalue weighted by Crippen LogP contribution is 2.37. The van der Waals surface area contributed by atoms with Crippen LogP contribution >= 0.6 is 0 Å². The molecule has 1 amide bonds. The number of halogens is 3. The van der Waals surface area contributed by atoms with Crippen LogP contribution in [0.4, 0.5) is 13.2 Å². The maximum absolute atomic E-state index is 13.6. The Morgan fingerprint density at radius 3 is 2.34 bits per heavy atom. The zero-order valence-electron chi connectivity index (χ0n) is 22.2. The van der Waals surface area contributed by atoms with Crippen LogP contribution in [0.25, 0.3) is 11.1 Å². The van der Waals surface area contributed by atoms with Gasteiger partial charge in [-0.25, -0.2) is 0 Å². The van der Waals surface area contributed by atoms with Crippen molar-refractivity contribution < 1.29 is 32.7 Å². The Bertz CT molecular complexity index is 1160. The number of rotatable bonds is 10. The molecule has 0 radical (unpaired) electrons. The van der Waals surface area contributed by atoms with Crippen LogP contribution in [0.5, 0.6) is 0 Å². The quantitative estimate of drug-likeness (QED) is 0.400. The van der Waals surface area contributed by atoms with Crippen molar-refractivity contribution in [3.8, 4) is 11.1 Å². The first-order chi connectivity index (χ1) is 17.8. The van der Waals surface area contributed by atoms with Gasteiger partial charge in [-0.15, -0.1) is 0 Å². The average Bonchev–Trinajstić information content (AvgIpc) is 2.81. The first-order valence-electron chi connectivity index (χ1n) is 12.9. The fourth-order valence-corrected chi connectivity index (χ4v) is 5.32. The molecule has 1 aliphatic heterocycles. The molecule has 0 aliphatic carbocycles. The number of carbonyl (C=O) groups excluding carboxylic acids is 2. The van der Waals surface area contributed by atoms with Crippen molar-refractivity contribution in [1.29, 1.82) is 0 Å². The molecule has 6 nitrogen and oxygen atoms in total. The summed E-state index contributed by atoms with van der Waals surface area (Å²) in [6.45, 7) is 7.55. The number of aromatic nitrogens is 1. The molecule has 2 heterocycles. The van der Waals surface area contributed by atoms with Crippen LogP contribution in [0.15, 0.2) is 36.7 Å². The third-order valence-corrected chi connectivity index (χ3v) is 7.23. The second-order valence-electron chi connectivity index (χ2n) is 10.7. The maximum Gasteiger partial charge on any atom is 0.392 e. The van der Waals surface area contributed by atoms with Crippen LogP contribution in [0.3, 0.4) is 0 Å². The number of benzene rings is 1. The van der Waals surface area contributed by atoms with Crippen molar-refractivity contribution in [3.63, 3.8) is 0 Å². The summed E-state index contributed by atoms with van der Waals surface area (Å²) in [7, 11) is 0. The fourth-order valence-electron chi connectivity index (χ4n) is 5.32. The SMILES string of the molecule is Cc1cccc(C)c1-c1cncc([C@H](CC(=O)O)CC(=O)[C@@H](CC(C)C)N2CCC(C(F)(F)F)CC2=O)c1. The van der Waals surface area contributed by atoms with E-state index in [0.29, 0.717) is 12.0 Å². The molecule has 1 unspecified atom stereocenters. The lowest BCUT2D eigenvalue weighted by Crippen LogP contribution is -2.51. The summed E-state index contributed by atoms with van der Waals surface area (Å²) in [6, 6.07) is 6.85. The molecule has 1 aliphatic rings. The summed E-state index contributed by atoms with van der Waals surface area (Å²) >= 11 is 0. The molecule has 0 saturated carbocycles. The molecule has 1 aromatic carbocycles. The van der Waals surface area contributed by atoms with E-state index in [1.165, 1.54) is 4.90 Å². The highest BCUT2D eigenvalue weighted by Gasteiger charge is 2.46. The Morgan fingerprint density at radius 2 is 1.79 bits per heavy atom. The largest absolute Gasteiger partial charge is 0.481 e. The minimum Gasteiger partial charge on any atom is -0.481 e. The number of hydrogen-bond donors (Lipinski definition) is 1. The number of carbonyl (C=O) groups is 3. The average molecular weight is 533 g/mol. The van der Waals surface area contributed by atoms with Crippen molar-refractivity contribution in [3.05, 3.63) is 53.3 Å². The number of Topliss-reactive ketones (excluding diaryl/α,β-unsaturated/α-hetero) is 1. The number of alkyl halides is 3. The smallest absolute Gasteiger partial charge is 0.392 e. The van der Waals surface area contributed by atoms with Gasteiger partial charge in [0, 0.05) is 43.3 Å². The molecule has 1 saturated heterocycles. The third-order valence-electron chi connectivity index (χ3n) is 7.23. The van der Waals surface area contributed by atoms with E-state index in [4.69, 9.17) is 0 Å². The van der Waals surface area contributed by atoms with E-state index in [2.05, 4.69) is 4.98 Å². The predicted octanol–water partition coefficient (Wildman–Crippen LogP) is 6.10. The molecule has 206 valence electrons. The van der Waals surface area contributed by atoms with Crippen molar-refractivity contribution >= 4 is 17.7 Å². The van der Waals surface area contributed by atoms with E-state index in [0.717, 1.165) is 22.3 Å². The minimum absolute atomic E-state index is 0.00374. The molecule has 2 aromatic rings. The molecular formula is C29H35F3N2O4. The molecule has 0 bridgehead atoms. The molecule has 3 rings (SSSR count). The van der Waals surface area contributed by atoms with Gasteiger partial charge in [0.15, 0.2) is 5.78 Å². The summed E-state index contributed by atoms with van der Waals surface area (Å²) in [5.74, 6) is -4.52. The number of amides is 1. The zero-order chi connectivity index (χ0) is 28.2. The number of hydrogen-bond acceptors (Lipinski definition) is 4. The van der Waals surface area contributed by atoms with Crippen LogP contribution in [0.1, 0.15) is 68.6 Å². The summed E-state index contributed by atoms with van der Waals surface area (Å²) in [5, 5.41) is 9.61. The second kappa shape index (κ2) is 12.1. The number of aryl methyl sites for hydroxylation is 2. The van der Waals surface area contributed by atoms with Gasteiger partial charge in [0.25, 0.3) is 0 Å². The molecule has 0 spiro atoms. The van der Waals surface area contributed by atoms with Crippen LogP contribution in [-0.4, -0.2) is 51.4 Å². The van der Waals surface area contributed by atoms with Crippen LogP contribution in [0.2, 0.25) is 0 Å². The second-order valence-corrected chi connectivity index (χ2v) is 10.7. The lowest BCUT2D eigenvalue weighted by Gasteiger charge is -2.38. The lowest BCUT2D eigenvalue weighted by atomic mass is 9.85. The minimum atomic E-state index is -4.46. The first kappa shape index (κ1) is 29.3. The fraction of sp³-hybridized carbons (Fsp3) is 0.517. The van der Waals surface area contributed by atoms with Gasteiger partial charge in [-0.3, -0.25) is 19.4 Å². The number of ketones is 1. The van der Waals surface area contributed by atoms with Gasteiger partial charge in [0.1, 0.15) is 0 Å². The van der Waals surface area contributed by atoms with Gasteiger partial charge < -0.3 is 10.0 Å². The molecule has 1 fully saturated rings. The Labute approximate surface area is 221 Å². The first-order valence-corrected chi connectivity index (χ1v) is 12.9. The molecular weight excluding hydrogens is 497 g/mol. The van der Waals surface area contributed by atoms with Crippen molar-refractivity contribution in [2.45, 2.75) is 77.9 Å². The van der Waals surface area contributed by atoms with E-state index < -0.39 is 42.4 Å². The number of carboxylic acids is 1. The Hall–Kier alpha value is -3.23.